The Hall–Kier alpha value is -2.19. The summed E-state index contributed by atoms with van der Waals surface area (Å²) in [6, 6.07) is 3.57. The molecule has 1 saturated heterocycles. The number of hydrogen-bond acceptors (Lipinski definition) is 6. The number of amides is 1. The molecule has 0 radical (unpaired) electrons. The van der Waals surface area contributed by atoms with Gasteiger partial charge in [0.15, 0.2) is 6.61 Å². The second-order valence-electron chi connectivity index (χ2n) is 5.55. The number of benzene rings is 1. The average Bonchev–Trinajstić information content (AvgIpc) is 2.50. The maximum absolute atomic E-state index is 12.1. The number of ether oxygens (including phenoxy) is 2. The Kier molecular flexibility index (Phi) is 5.74. The molecule has 1 aliphatic heterocycles. The van der Waals surface area contributed by atoms with Crippen LogP contribution < -0.4 is 0 Å². The first-order chi connectivity index (χ1) is 11.3. The molecule has 0 bridgehead atoms. The van der Waals surface area contributed by atoms with Gasteiger partial charge in [0.1, 0.15) is 5.56 Å². The summed E-state index contributed by atoms with van der Waals surface area (Å²) in [5.74, 6) is -1.35. The van der Waals surface area contributed by atoms with Crippen molar-refractivity contribution in [3.05, 3.63) is 38.9 Å². The molecule has 24 heavy (non-hydrogen) atoms. The standard InChI is InChI=1S/C15H17ClN2O6/c1-9-6-17(7-10(2)24-9)14(19)8-23-15(20)12-5-11(16)3-4-13(12)18(21)22/h3-5,9-10H,6-8H2,1-2H3. The molecule has 8 nitrogen and oxygen atoms in total. The van der Waals surface area contributed by atoms with Gasteiger partial charge in [-0.25, -0.2) is 4.79 Å². The van der Waals surface area contributed by atoms with Crippen LogP contribution >= 0.6 is 11.6 Å². The lowest BCUT2D eigenvalue weighted by Gasteiger charge is -2.35. The zero-order chi connectivity index (χ0) is 17.9. The van der Waals surface area contributed by atoms with Gasteiger partial charge in [0.25, 0.3) is 11.6 Å². The number of esters is 1. The van der Waals surface area contributed by atoms with Crippen molar-refractivity contribution in [2.75, 3.05) is 19.7 Å². The largest absolute Gasteiger partial charge is 0.452 e. The summed E-state index contributed by atoms with van der Waals surface area (Å²) in [4.78, 5) is 36.0. The van der Waals surface area contributed by atoms with Gasteiger partial charge in [-0.2, -0.15) is 0 Å². The highest BCUT2D eigenvalue weighted by molar-refractivity contribution is 6.31. The predicted octanol–water partition coefficient (Wildman–Crippen LogP) is 2.04. The number of nitro benzene ring substituents is 1. The summed E-state index contributed by atoms with van der Waals surface area (Å²) < 4.78 is 10.5. The molecule has 9 heteroatoms. The molecular formula is C15H17ClN2O6. The molecule has 1 heterocycles. The molecule has 2 rings (SSSR count). The van der Waals surface area contributed by atoms with Crippen LogP contribution in [0.3, 0.4) is 0 Å². The van der Waals surface area contributed by atoms with Crippen LogP contribution in [0.5, 0.6) is 0 Å². The maximum Gasteiger partial charge on any atom is 0.345 e. The summed E-state index contributed by atoms with van der Waals surface area (Å²) >= 11 is 5.76. The Morgan fingerprint density at radius 2 is 2.00 bits per heavy atom. The molecule has 1 fully saturated rings. The van der Waals surface area contributed by atoms with E-state index in [2.05, 4.69) is 0 Å². The van der Waals surface area contributed by atoms with Gasteiger partial charge in [-0.1, -0.05) is 11.6 Å². The van der Waals surface area contributed by atoms with E-state index < -0.39 is 23.2 Å². The van der Waals surface area contributed by atoms with E-state index >= 15 is 0 Å². The SMILES string of the molecule is CC1CN(C(=O)COC(=O)c2cc(Cl)ccc2[N+](=O)[O-])CC(C)O1. The van der Waals surface area contributed by atoms with E-state index in [1.54, 1.807) is 4.90 Å². The second-order valence-corrected chi connectivity index (χ2v) is 5.99. The minimum atomic E-state index is -0.966. The topological polar surface area (TPSA) is 99.0 Å². The highest BCUT2D eigenvalue weighted by Gasteiger charge is 2.27. The van der Waals surface area contributed by atoms with Crippen molar-refractivity contribution in [1.29, 1.82) is 0 Å². The van der Waals surface area contributed by atoms with Crippen molar-refractivity contribution in [1.82, 2.24) is 4.90 Å². The van der Waals surface area contributed by atoms with Gasteiger partial charge >= 0.3 is 5.97 Å². The number of hydrogen-bond donors (Lipinski definition) is 0. The third kappa shape index (κ3) is 4.42. The monoisotopic (exact) mass is 356 g/mol. The summed E-state index contributed by atoms with van der Waals surface area (Å²) in [6.07, 6.45) is -0.218. The zero-order valence-electron chi connectivity index (χ0n) is 13.2. The smallest absolute Gasteiger partial charge is 0.345 e. The Balaban J connectivity index is 2.02. The molecule has 0 aromatic heterocycles. The summed E-state index contributed by atoms with van der Waals surface area (Å²) in [5.41, 5.74) is -0.713. The van der Waals surface area contributed by atoms with E-state index in [0.29, 0.717) is 13.1 Å². The van der Waals surface area contributed by atoms with E-state index in [-0.39, 0.29) is 28.7 Å². The molecule has 0 N–H and O–H groups in total. The van der Waals surface area contributed by atoms with E-state index in [1.165, 1.54) is 6.07 Å². The molecule has 1 aliphatic rings. The molecule has 2 unspecified atom stereocenters. The Bertz CT molecular complexity index is 655. The fraction of sp³-hybridized carbons (Fsp3) is 0.467. The van der Waals surface area contributed by atoms with Gasteiger partial charge in [0.2, 0.25) is 0 Å². The van der Waals surface area contributed by atoms with Crippen LogP contribution in [0, 0.1) is 10.1 Å². The first kappa shape index (κ1) is 18.2. The van der Waals surface area contributed by atoms with E-state index in [1.807, 2.05) is 13.8 Å². The van der Waals surface area contributed by atoms with E-state index in [9.17, 15) is 19.7 Å². The molecule has 0 aliphatic carbocycles. The molecule has 2 atom stereocenters. The van der Waals surface area contributed by atoms with Crippen molar-refractivity contribution in [2.45, 2.75) is 26.1 Å². The van der Waals surface area contributed by atoms with Gasteiger partial charge in [0.05, 0.1) is 17.1 Å². The summed E-state index contributed by atoms with van der Waals surface area (Å²) in [5, 5.41) is 11.1. The van der Waals surface area contributed by atoms with Crippen LogP contribution in [-0.4, -0.2) is 53.6 Å². The van der Waals surface area contributed by atoms with Crippen molar-refractivity contribution in [2.24, 2.45) is 0 Å². The molecule has 130 valence electrons. The highest BCUT2D eigenvalue weighted by atomic mass is 35.5. The van der Waals surface area contributed by atoms with E-state index in [0.717, 1.165) is 12.1 Å². The van der Waals surface area contributed by atoms with Crippen LogP contribution in [0.2, 0.25) is 5.02 Å². The Labute approximate surface area is 143 Å². The van der Waals surface area contributed by atoms with Gasteiger partial charge < -0.3 is 14.4 Å². The number of nitro groups is 1. The first-order valence-corrected chi connectivity index (χ1v) is 7.70. The van der Waals surface area contributed by atoms with Crippen molar-refractivity contribution >= 4 is 29.2 Å². The molecular weight excluding hydrogens is 340 g/mol. The number of nitrogens with zero attached hydrogens (tertiary/aromatic N) is 2. The Morgan fingerprint density at radius 3 is 2.58 bits per heavy atom. The fourth-order valence-corrected chi connectivity index (χ4v) is 2.68. The lowest BCUT2D eigenvalue weighted by Crippen LogP contribution is -2.49. The number of carbonyl (C=O) groups excluding carboxylic acids is 2. The van der Waals surface area contributed by atoms with Gasteiger partial charge in [-0.05, 0) is 26.0 Å². The van der Waals surface area contributed by atoms with Gasteiger partial charge in [-0.15, -0.1) is 0 Å². The van der Waals surface area contributed by atoms with Crippen molar-refractivity contribution < 1.29 is 24.0 Å². The molecule has 0 spiro atoms. The molecule has 1 amide bonds. The second kappa shape index (κ2) is 7.59. The van der Waals surface area contributed by atoms with Gasteiger partial charge in [-0.3, -0.25) is 14.9 Å². The van der Waals surface area contributed by atoms with Crippen LogP contribution in [0.25, 0.3) is 0 Å². The van der Waals surface area contributed by atoms with Crippen LogP contribution in [-0.2, 0) is 14.3 Å². The lowest BCUT2D eigenvalue weighted by molar-refractivity contribution is -0.385. The fourth-order valence-electron chi connectivity index (χ4n) is 2.51. The predicted molar refractivity (Wildman–Crippen MR) is 85.0 cm³/mol. The minimum Gasteiger partial charge on any atom is -0.452 e. The van der Waals surface area contributed by atoms with Crippen molar-refractivity contribution in [3.8, 4) is 0 Å². The number of carbonyl (C=O) groups is 2. The maximum atomic E-state index is 12.1. The number of morpholine rings is 1. The number of halogens is 1. The zero-order valence-corrected chi connectivity index (χ0v) is 14.0. The third-order valence-corrected chi connectivity index (χ3v) is 3.71. The molecule has 1 aromatic carbocycles. The van der Waals surface area contributed by atoms with Crippen LogP contribution in [0.4, 0.5) is 5.69 Å². The summed E-state index contributed by atoms with van der Waals surface area (Å²) in [6.45, 7) is 3.99. The molecule has 1 aromatic rings. The lowest BCUT2D eigenvalue weighted by atomic mass is 10.2. The van der Waals surface area contributed by atoms with Crippen molar-refractivity contribution in [3.63, 3.8) is 0 Å². The summed E-state index contributed by atoms with van der Waals surface area (Å²) in [7, 11) is 0. The highest BCUT2D eigenvalue weighted by Crippen LogP contribution is 2.23. The van der Waals surface area contributed by atoms with Crippen LogP contribution in [0.15, 0.2) is 18.2 Å². The van der Waals surface area contributed by atoms with E-state index in [4.69, 9.17) is 21.1 Å². The quantitative estimate of drug-likeness (QED) is 0.465. The Morgan fingerprint density at radius 1 is 1.38 bits per heavy atom. The minimum absolute atomic E-state index is 0.109. The first-order valence-electron chi connectivity index (χ1n) is 7.32. The van der Waals surface area contributed by atoms with Crippen LogP contribution in [0.1, 0.15) is 24.2 Å². The average molecular weight is 357 g/mol. The van der Waals surface area contributed by atoms with Gasteiger partial charge in [0, 0.05) is 24.2 Å². The number of rotatable bonds is 4. The normalized spacial score (nSPS) is 20.5. The third-order valence-electron chi connectivity index (χ3n) is 3.47. The molecule has 0 saturated carbocycles.